The SMILES string of the molecule is Cc1ccc(O[C@@H]2C(=O)N(C[C@H]3CCCO3)[C@@H]2c2ccc(C#N)cc2)c(C)c1. The molecule has 4 rings (SSSR count). The summed E-state index contributed by atoms with van der Waals surface area (Å²) in [6.07, 6.45) is 1.55. The predicted molar refractivity (Wildman–Crippen MR) is 105 cm³/mol. The maximum atomic E-state index is 12.9. The Labute approximate surface area is 165 Å². The molecule has 0 bridgehead atoms. The van der Waals surface area contributed by atoms with Crippen LogP contribution >= 0.6 is 0 Å². The van der Waals surface area contributed by atoms with E-state index in [1.54, 1.807) is 12.1 Å². The van der Waals surface area contributed by atoms with Gasteiger partial charge in [-0.15, -0.1) is 0 Å². The van der Waals surface area contributed by atoms with Crippen molar-refractivity contribution in [1.29, 1.82) is 5.26 Å². The second kappa shape index (κ2) is 7.65. The number of nitriles is 1. The van der Waals surface area contributed by atoms with Crippen molar-refractivity contribution in [3.05, 3.63) is 64.7 Å². The Bertz CT molecular complexity index is 910. The molecule has 2 heterocycles. The summed E-state index contributed by atoms with van der Waals surface area (Å²) in [7, 11) is 0. The van der Waals surface area contributed by atoms with Crippen molar-refractivity contribution in [2.45, 2.75) is 44.9 Å². The van der Waals surface area contributed by atoms with Crippen LogP contribution in [0.1, 0.15) is 41.1 Å². The molecule has 2 aliphatic rings. The van der Waals surface area contributed by atoms with Crippen molar-refractivity contribution in [3.8, 4) is 11.8 Å². The number of rotatable bonds is 5. The van der Waals surface area contributed by atoms with Gasteiger partial charge in [0.1, 0.15) is 11.8 Å². The average Bonchev–Trinajstić information content (AvgIpc) is 3.21. The van der Waals surface area contributed by atoms with Crippen LogP contribution in [0.4, 0.5) is 0 Å². The zero-order chi connectivity index (χ0) is 19.7. The molecule has 3 atom stereocenters. The van der Waals surface area contributed by atoms with Crippen LogP contribution in [0.3, 0.4) is 0 Å². The van der Waals surface area contributed by atoms with E-state index in [1.165, 1.54) is 0 Å². The Hall–Kier alpha value is -2.84. The second-order valence-corrected chi connectivity index (χ2v) is 7.61. The fourth-order valence-electron chi connectivity index (χ4n) is 4.02. The number of β-lactam (4-membered cyclic amide) rings is 1. The Morgan fingerprint density at radius 1 is 1.21 bits per heavy atom. The molecule has 144 valence electrons. The molecule has 2 fully saturated rings. The van der Waals surface area contributed by atoms with Crippen LogP contribution in [0.15, 0.2) is 42.5 Å². The summed E-state index contributed by atoms with van der Waals surface area (Å²) in [5, 5.41) is 9.07. The van der Waals surface area contributed by atoms with Gasteiger partial charge in [0.2, 0.25) is 6.10 Å². The molecular formula is C23H24N2O3. The highest BCUT2D eigenvalue weighted by Gasteiger charge is 2.51. The summed E-state index contributed by atoms with van der Waals surface area (Å²) < 4.78 is 11.9. The van der Waals surface area contributed by atoms with Gasteiger partial charge in [0, 0.05) is 13.2 Å². The fraction of sp³-hybridized carbons (Fsp3) is 0.391. The average molecular weight is 376 g/mol. The third-order valence-electron chi connectivity index (χ3n) is 5.54. The molecule has 28 heavy (non-hydrogen) atoms. The van der Waals surface area contributed by atoms with Crippen LogP contribution in [0.5, 0.6) is 5.75 Å². The molecule has 2 aromatic carbocycles. The lowest BCUT2D eigenvalue weighted by atomic mass is 9.89. The highest BCUT2D eigenvalue weighted by atomic mass is 16.5. The van der Waals surface area contributed by atoms with E-state index < -0.39 is 6.10 Å². The molecule has 0 saturated carbocycles. The smallest absolute Gasteiger partial charge is 0.266 e. The van der Waals surface area contributed by atoms with Gasteiger partial charge in [0.15, 0.2) is 0 Å². The van der Waals surface area contributed by atoms with E-state index in [2.05, 4.69) is 12.1 Å². The maximum Gasteiger partial charge on any atom is 0.266 e. The lowest BCUT2D eigenvalue weighted by Gasteiger charge is -2.47. The lowest BCUT2D eigenvalue weighted by molar-refractivity contribution is -0.167. The van der Waals surface area contributed by atoms with Gasteiger partial charge in [0.05, 0.1) is 17.7 Å². The molecule has 0 aromatic heterocycles. The van der Waals surface area contributed by atoms with Crippen LogP contribution in [0.25, 0.3) is 0 Å². The third kappa shape index (κ3) is 3.48. The molecule has 5 nitrogen and oxygen atoms in total. The number of ether oxygens (including phenoxy) is 2. The van der Waals surface area contributed by atoms with Crippen LogP contribution in [0.2, 0.25) is 0 Å². The van der Waals surface area contributed by atoms with Crippen molar-refractivity contribution in [2.75, 3.05) is 13.2 Å². The molecule has 0 aliphatic carbocycles. The van der Waals surface area contributed by atoms with E-state index >= 15 is 0 Å². The first-order valence-corrected chi connectivity index (χ1v) is 9.73. The molecule has 0 N–H and O–H groups in total. The standard InChI is InChI=1S/C23H24N2O3/c1-15-5-10-20(16(2)12-15)28-22-21(18-8-6-17(13-24)7-9-18)25(23(22)26)14-19-4-3-11-27-19/h5-10,12,19,21-22H,3-4,11,14H2,1-2H3/t19-,21-,22+/m1/s1. The number of likely N-dealkylation sites (tertiary alicyclic amines) is 1. The molecule has 1 amide bonds. The molecule has 5 heteroatoms. The highest BCUT2D eigenvalue weighted by Crippen LogP contribution is 2.39. The first-order valence-electron chi connectivity index (χ1n) is 9.73. The zero-order valence-electron chi connectivity index (χ0n) is 16.2. The van der Waals surface area contributed by atoms with E-state index in [-0.39, 0.29) is 18.1 Å². The summed E-state index contributed by atoms with van der Waals surface area (Å²) in [6.45, 7) is 5.37. The van der Waals surface area contributed by atoms with Crippen molar-refractivity contribution < 1.29 is 14.3 Å². The van der Waals surface area contributed by atoms with Crippen LogP contribution in [0, 0.1) is 25.2 Å². The van der Waals surface area contributed by atoms with Crippen LogP contribution in [-0.2, 0) is 9.53 Å². The van der Waals surface area contributed by atoms with E-state index in [9.17, 15) is 4.79 Å². The first-order chi connectivity index (χ1) is 13.6. The monoisotopic (exact) mass is 376 g/mol. The number of carbonyl (C=O) groups excluding carboxylic acids is 1. The molecule has 2 saturated heterocycles. The van der Waals surface area contributed by atoms with Gasteiger partial charge in [0.25, 0.3) is 5.91 Å². The second-order valence-electron chi connectivity index (χ2n) is 7.61. The Balaban J connectivity index is 1.59. The molecule has 0 radical (unpaired) electrons. The van der Waals surface area contributed by atoms with E-state index in [4.69, 9.17) is 14.7 Å². The molecule has 0 spiro atoms. The van der Waals surface area contributed by atoms with Gasteiger partial charge >= 0.3 is 0 Å². The minimum atomic E-state index is -0.559. The number of benzene rings is 2. The maximum absolute atomic E-state index is 12.9. The number of amides is 1. The van der Waals surface area contributed by atoms with Crippen LogP contribution in [-0.4, -0.2) is 36.2 Å². The fourth-order valence-corrected chi connectivity index (χ4v) is 4.02. The molecule has 2 aliphatic heterocycles. The van der Waals surface area contributed by atoms with Gasteiger partial charge in [-0.1, -0.05) is 29.8 Å². The van der Waals surface area contributed by atoms with Crippen molar-refractivity contribution in [1.82, 2.24) is 4.90 Å². The van der Waals surface area contributed by atoms with Gasteiger partial charge in [-0.2, -0.15) is 5.26 Å². The molecular weight excluding hydrogens is 352 g/mol. The first kappa shape index (κ1) is 18.5. The normalized spacial score (nSPS) is 24.0. The Morgan fingerprint density at radius 3 is 2.64 bits per heavy atom. The van der Waals surface area contributed by atoms with Gasteiger partial charge in [-0.25, -0.2) is 0 Å². The van der Waals surface area contributed by atoms with Gasteiger partial charge < -0.3 is 14.4 Å². The zero-order valence-corrected chi connectivity index (χ0v) is 16.2. The van der Waals surface area contributed by atoms with Gasteiger partial charge in [-0.3, -0.25) is 4.79 Å². The Morgan fingerprint density at radius 2 is 2.00 bits per heavy atom. The van der Waals surface area contributed by atoms with E-state index in [1.807, 2.05) is 43.0 Å². The van der Waals surface area contributed by atoms with Crippen molar-refractivity contribution in [2.24, 2.45) is 0 Å². The summed E-state index contributed by atoms with van der Waals surface area (Å²) in [5.41, 5.74) is 3.76. The van der Waals surface area contributed by atoms with Crippen molar-refractivity contribution in [3.63, 3.8) is 0 Å². The number of aryl methyl sites for hydroxylation is 2. The van der Waals surface area contributed by atoms with E-state index in [0.717, 1.165) is 41.9 Å². The Kier molecular flexibility index (Phi) is 5.06. The number of hydrogen-bond donors (Lipinski definition) is 0. The molecule has 2 aromatic rings. The summed E-state index contributed by atoms with van der Waals surface area (Å²) in [5.74, 6) is 0.726. The van der Waals surface area contributed by atoms with E-state index in [0.29, 0.717) is 12.1 Å². The number of nitrogens with zero attached hydrogens (tertiary/aromatic N) is 2. The summed E-state index contributed by atoms with van der Waals surface area (Å²) in [6, 6.07) is 15.3. The minimum Gasteiger partial charge on any atom is -0.478 e. The quantitative estimate of drug-likeness (QED) is 0.747. The van der Waals surface area contributed by atoms with Crippen LogP contribution < -0.4 is 4.74 Å². The number of carbonyl (C=O) groups is 1. The summed E-state index contributed by atoms with van der Waals surface area (Å²) in [4.78, 5) is 14.8. The largest absolute Gasteiger partial charge is 0.478 e. The molecule has 0 unspecified atom stereocenters. The predicted octanol–water partition coefficient (Wildman–Crippen LogP) is 3.69. The third-order valence-corrected chi connectivity index (χ3v) is 5.54. The topological polar surface area (TPSA) is 62.6 Å². The highest BCUT2D eigenvalue weighted by molar-refractivity contribution is 5.89. The minimum absolute atomic E-state index is 0.00941. The summed E-state index contributed by atoms with van der Waals surface area (Å²) >= 11 is 0. The van der Waals surface area contributed by atoms with Gasteiger partial charge in [-0.05, 0) is 56.0 Å². The lowest BCUT2D eigenvalue weighted by Crippen LogP contribution is -2.62. The number of hydrogen-bond acceptors (Lipinski definition) is 4. The van der Waals surface area contributed by atoms with Crippen molar-refractivity contribution >= 4 is 5.91 Å².